The molecule has 3 rings (SSSR count). The summed E-state index contributed by atoms with van der Waals surface area (Å²) in [6, 6.07) is 14.6. The number of piperidine rings is 1. The van der Waals surface area contributed by atoms with Gasteiger partial charge in [-0.15, -0.1) is 0 Å². The molecule has 0 radical (unpaired) electrons. The summed E-state index contributed by atoms with van der Waals surface area (Å²) in [5, 5.41) is 13.0. The topological polar surface area (TPSA) is 134 Å². The minimum absolute atomic E-state index is 0.122. The standard InChI is InChI=1S/C22H28N6O/c1-22(2)18(10-9-16(13-23)28(22)26)21(29)27-15-8-11-19(24)17(12-15)20(25)14-6-4-3-5-7-14/h3-8,11-13,18,25H,9-10,23-24,26H2,1-2H3,(H,27,29)/b16-13-,25-20?. The van der Waals surface area contributed by atoms with Gasteiger partial charge in [0.2, 0.25) is 5.91 Å². The second-order valence-corrected chi connectivity index (χ2v) is 7.81. The van der Waals surface area contributed by atoms with Crippen LogP contribution in [0.25, 0.3) is 0 Å². The number of hydrogen-bond donors (Lipinski definition) is 5. The first-order valence-corrected chi connectivity index (χ1v) is 9.56. The zero-order valence-electron chi connectivity index (χ0n) is 16.8. The number of amides is 1. The van der Waals surface area contributed by atoms with Crippen LogP contribution < -0.4 is 22.6 Å². The molecule has 0 saturated carbocycles. The van der Waals surface area contributed by atoms with Gasteiger partial charge in [0.25, 0.3) is 0 Å². The van der Waals surface area contributed by atoms with Crippen molar-refractivity contribution in [2.45, 2.75) is 32.2 Å². The van der Waals surface area contributed by atoms with Crippen LogP contribution in [0.2, 0.25) is 0 Å². The Morgan fingerprint density at radius 1 is 1.24 bits per heavy atom. The molecule has 1 saturated heterocycles. The quantitative estimate of drug-likeness (QED) is 0.310. The van der Waals surface area contributed by atoms with E-state index in [-0.39, 0.29) is 11.8 Å². The first-order valence-electron chi connectivity index (χ1n) is 9.56. The van der Waals surface area contributed by atoms with E-state index in [9.17, 15) is 4.79 Å². The number of allylic oxidation sites excluding steroid dienone is 1. The Morgan fingerprint density at radius 3 is 2.59 bits per heavy atom. The highest BCUT2D eigenvalue weighted by Crippen LogP contribution is 2.36. The summed E-state index contributed by atoms with van der Waals surface area (Å²) in [6.07, 6.45) is 2.79. The molecular weight excluding hydrogens is 364 g/mol. The van der Waals surface area contributed by atoms with Crippen LogP contribution in [-0.2, 0) is 4.79 Å². The average molecular weight is 393 g/mol. The number of nitrogens with one attached hydrogen (secondary N) is 2. The molecule has 1 amide bonds. The molecule has 2 aromatic carbocycles. The third kappa shape index (κ3) is 3.95. The summed E-state index contributed by atoms with van der Waals surface area (Å²) in [5.74, 6) is 5.76. The summed E-state index contributed by atoms with van der Waals surface area (Å²) in [6.45, 7) is 3.86. The van der Waals surface area contributed by atoms with Gasteiger partial charge < -0.3 is 21.8 Å². The van der Waals surface area contributed by atoms with E-state index < -0.39 is 5.54 Å². The van der Waals surface area contributed by atoms with Gasteiger partial charge in [0.15, 0.2) is 0 Å². The highest BCUT2D eigenvalue weighted by Gasteiger charge is 2.43. The maximum absolute atomic E-state index is 13.0. The number of nitrogens with zero attached hydrogens (tertiary/aromatic N) is 1. The summed E-state index contributed by atoms with van der Waals surface area (Å²) in [7, 11) is 0. The van der Waals surface area contributed by atoms with Crippen molar-refractivity contribution in [2.24, 2.45) is 17.5 Å². The van der Waals surface area contributed by atoms with Gasteiger partial charge in [-0.1, -0.05) is 30.3 Å². The molecule has 7 heteroatoms. The Labute approximate surface area is 171 Å². The lowest BCUT2D eigenvalue weighted by Gasteiger charge is -2.46. The third-order valence-corrected chi connectivity index (χ3v) is 5.63. The van der Waals surface area contributed by atoms with Crippen molar-refractivity contribution < 1.29 is 4.79 Å². The fourth-order valence-corrected chi connectivity index (χ4v) is 3.76. The Balaban J connectivity index is 1.82. The minimum Gasteiger partial charge on any atom is -0.403 e. The lowest BCUT2D eigenvalue weighted by Crippen LogP contribution is -2.58. The van der Waals surface area contributed by atoms with Crippen LogP contribution in [0.4, 0.5) is 11.4 Å². The van der Waals surface area contributed by atoms with Crippen molar-refractivity contribution in [3.63, 3.8) is 0 Å². The van der Waals surface area contributed by atoms with E-state index in [1.807, 2.05) is 44.2 Å². The largest absolute Gasteiger partial charge is 0.403 e. The smallest absolute Gasteiger partial charge is 0.229 e. The van der Waals surface area contributed by atoms with Crippen molar-refractivity contribution in [1.82, 2.24) is 5.01 Å². The number of hydrogen-bond acceptors (Lipinski definition) is 6. The van der Waals surface area contributed by atoms with Gasteiger partial charge in [0, 0.05) is 34.4 Å². The van der Waals surface area contributed by atoms with Crippen LogP contribution in [0.1, 0.15) is 37.8 Å². The van der Waals surface area contributed by atoms with Gasteiger partial charge in [-0.25, -0.2) is 5.84 Å². The van der Waals surface area contributed by atoms with E-state index in [4.69, 9.17) is 22.7 Å². The number of rotatable bonds is 4. The van der Waals surface area contributed by atoms with E-state index in [2.05, 4.69) is 5.32 Å². The molecule has 1 aliphatic heterocycles. The first kappa shape index (κ1) is 20.4. The predicted molar refractivity (Wildman–Crippen MR) is 117 cm³/mol. The number of hydrazine groups is 1. The lowest BCUT2D eigenvalue weighted by molar-refractivity contribution is -0.125. The Bertz CT molecular complexity index is 951. The van der Waals surface area contributed by atoms with E-state index in [0.717, 1.165) is 11.3 Å². The molecule has 1 fully saturated rings. The number of carbonyl (C=O) groups is 1. The van der Waals surface area contributed by atoms with Crippen LogP contribution in [-0.4, -0.2) is 22.2 Å². The Kier molecular flexibility index (Phi) is 5.61. The molecule has 7 nitrogen and oxygen atoms in total. The average Bonchev–Trinajstić information content (AvgIpc) is 2.71. The SMILES string of the molecule is CC1(C)C(C(=O)Nc2ccc(N)c(C(=N)c3ccccc3)c2)CC/C(=C/N)N1N. The Morgan fingerprint density at radius 2 is 1.93 bits per heavy atom. The third-order valence-electron chi connectivity index (χ3n) is 5.63. The van der Waals surface area contributed by atoms with Crippen LogP contribution in [0, 0.1) is 11.3 Å². The van der Waals surface area contributed by atoms with Crippen LogP contribution in [0.5, 0.6) is 0 Å². The zero-order chi connectivity index (χ0) is 21.2. The fourth-order valence-electron chi connectivity index (χ4n) is 3.76. The summed E-state index contributed by atoms with van der Waals surface area (Å²) in [4.78, 5) is 13.0. The highest BCUT2D eigenvalue weighted by molar-refractivity contribution is 6.14. The van der Waals surface area contributed by atoms with E-state index >= 15 is 0 Å². The number of anilines is 2. The maximum Gasteiger partial charge on any atom is 0.229 e. The summed E-state index contributed by atoms with van der Waals surface area (Å²) >= 11 is 0. The number of carbonyl (C=O) groups excluding carboxylic acids is 1. The van der Waals surface area contributed by atoms with Gasteiger partial charge in [-0.3, -0.25) is 10.2 Å². The predicted octanol–water partition coefficient (Wildman–Crippen LogP) is 2.79. The van der Waals surface area contributed by atoms with Crippen LogP contribution >= 0.6 is 0 Å². The Hall–Kier alpha value is -3.32. The number of benzene rings is 2. The molecule has 0 aromatic heterocycles. The van der Waals surface area contributed by atoms with Gasteiger partial charge in [-0.2, -0.15) is 0 Å². The molecular formula is C22H28N6O. The van der Waals surface area contributed by atoms with Crippen molar-refractivity contribution in [3.05, 3.63) is 71.6 Å². The van der Waals surface area contributed by atoms with Crippen molar-refractivity contribution in [1.29, 1.82) is 5.41 Å². The van der Waals surface area contributed by atoms with E-state index in [1.165, 1.54) is 6.20 Å². The molecule has 1 heterocycles. The van der Waals surface area contributed by atoms with Crippen molar-refractivity contribution in [2.75, 3.05) is 11.1 Å². The second-order valence-electron chi connectivity index (χ2n) is 7.81. The molecule has 29 heavy (non-hydrogen) atoms. The lowest BCUT2D eigenvalue weighted by atomic mass is 9.78. The van der Waals surface area contributed by atoms with Gasteiger partial charge in [-0.05, 0) is 44.9 Å². The molecule has 8 N–H and O–H groups in total. The molecule has 0 bridgehead atoms. The summed E-state index contributed by atoms with van der Waals surface area (Å²) < 4.78 is 0. The monoisotopic (exact) mass is 392 g/mol. The highest BCUT2D eigenvalue weighted by atomic mass is 16.2. The molecule has 2 aromatic rings. The van der Waals surface area contributed by atoms with Gasteiger partial charge in [0.1, 0.15) is 0 Å². The summed E-state index contributed by atoms with van der Waals surface area (Å²) in [5.41, 5.74) is 14.7. The zero-order valence-corrected chi connectivity index (χ0v) is 16.8. The van der Waals surface area contributed by atoms with Crippen molar-refractivity contribution in [3.8, 4) is 0 Å². The maximum atomic E-state index is 13.0. The number of nitrogens with two attached hydrogens (primary N) is 3. The van der Waals surface area contributed by atoms with E-state index in [0.29, 0.717) is 35.5 Å². The fraction of sp³-hybridized carbons (Fsp3) is 0.273. The van der Waals surface area contributed by atoms with Crippen LogP contribution in [0.3, 0.4) is 0 Å². The molecule has 1 atom stereocenters. The van der Waals surface area contributed by atoms with E-state index in [1.54, 1.807) is 23.2 Å². The normalized spacial score (nSPS) is 19.8. The van der Waals surface area contributed by atoms with Gasteiger partial charge >= 0.3 is 0 Å². The first-order chi connectivity index (χ1) is 13.8. The van der Waals surface area contributed by atoms with Crippen LogP contribution in [0.15, 0.2) is 60.4 Å². The minimum atomic E-state index is -0.582. The second kappa shape index (κ2) is 7.97. The van der Waals surface area contributed by atoms with Gasteiger partial charge in [0.05, 0.1) is 17.2 Å². The molecule has 1 aliphatic rings. The molecule has 0 spiro atoms. The molecule has 152 valence electrons. The molecule has 1 unspecified atom stereocenters. The van der Waals surface area contributed by atoms with Crippen molar-refractivity contribution >= 4 is 23.0 Å². The molecule has 0 aliphatic carbocycles. The number of nitrogen functional groups attached to an aromatic ring is 1.